The first kappa shape index (κ1) is 13.9. The Morgan fingerprint density at radius 3 is 2.50 bits per heavy atom. The number of hydrogen-bond acceptors (Lipinski definition) is 2. The van der Waals surface area contributed by atoms with Crippen LogP contribution in [0.15, 0.2) is 12.1 Å². The van der Waals surface area contributed by atoms with E-state index in [0.717, 1.165) is 6.54 Å². The highest BCUT2D eigenvalue weighted by atomic mass is 35.5. The number of nitrogens with one attached hydrogen (secondary N) is 2. The highest BCUT2D eigenvalue weighted by Gasteiger charge is 2.29. The average molecular weight is 308 g/mol. The van der Waals surface area contributed by atoms with E-state index in [-0.39, 0.29) is 11.8 Å². The van der Waals surface area contributed by atoms with Crippen molar-refractivity contribution in [3.8, 4) is 0 Å². The van der Waals surface area contributed by atoms with E-state index < -0.39 is 0 Å². The Morgan fingerprint density at radius 1 is 1.22 bits per heavy atom. The molecule has 0 saturated carbocycles. The summed E-state index contributed by atoms with van der Waals surface area (Å²) in [5, 5.41) is 7.11. The predicted molar refractivity (Wildman–Crippen MR) is 75.6 cm³/mol. The van der Waals surface area contributed by atoms with Crippen molar-refractivity contribution in [1.82, 2.24) is 5.32 Å². The van der Waals surface area contributed by atoms with Crippen molar-refractivity contribution in [2.75, 3.05) is 18.4 Å². The molecule has 0 bridgehead atoms. The highest BCUT2D eigenvalue weighted by Crippen LogP contribution is 2.32. The molecular formula is C12H13Cl3N2O. The molecule has 98 valence electrons. The first-order valence-corrected chi connectivity index (χ1v) is 6.78. The van der Waals surface area contributed by atoms with Gasteiger partial charge in [-0.15, -0.1) is 0 Å². The molecule has 18 heavy (non-hydrogen) atoms. The molecule has 6 heteroatoms. The zero-order valence-corrected chi connectivity index (χ0v) is 12.0. The van der Waals surface area contributed by atoms with Gasteiger partial charge in [-0.1, -0.05) is 41.7 Å². The van der Waals surface area contributed by atoms with Crippen LogP contribution < -0.4 is 10.6 Å². The number of carbonyl (C=O) groups excluding carboxylic acids is 1. The zero-order chi connectivity index (χ0) is 13.3. The molecule has 1 aliphatic rings. The summed E-state index contributed by atoms with van der Waals surface area (Å²) in [6, 6.07) is 3.09. The Balaban J connectivity index is 2.14. The molecule has 0 unspecified atom stereocenters. The van der Waals surface area contributed by atoms with Crippen molar-refractivity contribution < 1.29 is 4.79 Å². The molecule has 1 aromatic rings. The van der Waals surface area contributed by atoms with Crippen LogP contribution in [0.25, 0.3) is 0 Å². The van der Waals surface area contributed by atoms with Gasteiger partial charge < -0.3 is 10.6 Å². The Bertz CT molecular complexity index is 479. The second kappa shape index (κ2) is 5.66. The fourth-order valence-electron chi connectivity index (χ4n) is 2.00. The van der Waals surface area contributed by atoms with E-state index in [9.17, 15) is 4.79 Å². The third kappa shape index (κ3) is 2.91. The van der Waals surface area contributed by atoms with Crippen LogP contribution in [0.3, 0.4) is 0 Å². The number of anilines is 1. The molecule has 1 saturated heterocycles. The first-order chi connectivity index (χ1) is 8.49. The van der Waals surface area contributed by atoms with Gasteiger partial charge in [0.2, 0.25) is 5.91 Å². The molecule has 2 atom stereocenters. The average Bonchev–Trinajstić information content (AvgIpc) is 2.72. The van der Waals surface area contributed by atoms with Crippen molar-refractivity contribution >= 4 is 46.4 Å². The van der Waals surface area contributed by atoms with Gasteiger partial charge in [-0.3, -0.25) is 4.79 Å². The number of benzene rings is 1. The maximum Gasteiger partial charge on any atom is 0.229 e. The van der Waals surface area contributed by atoms with Gasteiger partial charge in [0, 0.05) is 6.54 Å². The number of carbonyl (C=O) groups is 1. The van der Waals surface area contributed by atoms with Crippen LogP contribution in [0.1, 0.15) is 6.92 Å². The minimum Gasteiger partial charge on any atom is -0.324 e. The molecule has 3 nitrogen and oxygen atoms in total. The van der Waals surface area contributed by atoms with Crippen LogP contribution in [0.5, 0.6) is 0 Å². The lowest BCUT2D eigenvalue weighted by atomic mass is 9.97. The minimum atomic E-state index is -0.0483. The predicted octanol–water partition coefficient (Wildman–Crippen LogP) is 3.44. The SMILES string of the molecule is C[C@@H]1CNC[C@H]1C(=O)Nc1cc(Cl)c(Cl)cc1Cl. The fraction of sp³-hybridized carbons (Fsp3) is 0.417. The molecule has 0 radical (unpaired) electrons. The normalized spacial score (nSPS) is 23.1. The van der Waals surface area contributed by atoms with Gasteiger partial charge in [0.1, 0.15) is 0 Å². The van der Waals surface area contributed by atoms with E-state index in [1.165, 1.54) is 6.07 Å². The summed E-state index contributed by atoms with van der Waals surface area (Å²) in [6.07, 6.45) is 0. The summed E-state index contributed by atoms with van der Waals surface area (Å²) in [6.45, 7) is 3.58. The Labute approximate surface area is 121 Å². The van der Waals surface area contributed by atoms with Gasteiger partial charge in [-0.05, 0) is 24.6 Å². The molecule has 2 rings (SSSR count). The highest BCUT2D eigenvalue weighted by molar-refractivity contribution is 6.44. The van der Waals surface area contributed by atoms with Crippen LogP contribution >= 0.6 is 34.8 Å². The molecule has 2 N–H and O–H groups in total. The van der Waals surface area contributed by atoms with Crippen molar-refractivity contribution in [1.29, 1.82) is 0 Å². The lowest BCUT2D eigenvalue weighted by Crippen LogP contribution is -2.27. The fourth-order valence-corrected chi connectivity index (χ4v) is 2.60. The van der Waals surface area contributed by atoms with Gasteiger partial charge in [-0.25, -0.2) is 0 Å². The van der Waals surface area contributed by atoms with E-state index in [1.54, 1.807) is 6.07 Å². The number of hydrogen-bond donors (Lipinski definition) is 2. The number of halogens is 3. The maximum atomic E-state index is 12.1. The van der Waals surface area contributed by atoms with Crippen molar-refractivity contribution in [2.24, 2.45) is 11.8 Å². The zero-order valence-electron chi connectivity index (χ0n) is 9.77. The van der Waals surface area contributed by atoms with E-state index in [4.69, 9.17) is 34.8 Å². The Morgan fingerprint density at radius 2 is 1.89 bits per heavy atom. The van der Waals surface area contributed by atoms with E-state index in [0.29, 0.717) is 33.2 Å². The summed E-state index contributed by atoms with van der Waals surface area (Å²) in [7, 11) is 0. The topological polar surface area (TPSA) is 41.1 Å². The van der Waals surface area contributed by atoms with Crippen LogP contribution in [-0.4, -0.2) is 19.0 Å². The van der Waals surface area contributed by atoms with E-state index in [2.05, 4.69) is 10.6 Å². The van der Waals surface area contributed by atoms with E-state index in [1.807, 2.05) is 6.92 Å². The van der Waals surface area contributed by atoms with Crippen LogP contribution in [0.4, 0.5) is 5.69 Å². The molecule has 1 heterocycles. The van der Waals surface area contributed by atoms with Crippen LogP contribution in [0, 0.1) is 11.8 Å². The van der Waals surface area contributed by atoms with Crippen molar-refractivity contribution in [3.63, 3.8) is 0 Å². The largest absolute Gasteiger partial charge is 0.324 e. The van der Waals surface area contributed by atoms with Crippen molar-refractivity contribution in [3.05, 3.63) is 27.2 Å². The van der Waals surface area contributed by atoms with Gasteiger partial charge in [0.25, 0.3) is 0 Å². The summed E-state index contributed by atoms with van der Waals surface area (Å²) >= 11 is 17.8. The monoisotopic (exact) mass is 306 g/mol. The molecule has 0 aliphatic carbocycles. The minimum absolute atomic E-state index is 0.0458. The quantitative estimate of drug-likeness (QED) is 0.822. The first-order valence-electron chi connectivity index (χ1n) is 5.65. The number of amides is 1. The lowest BCUT2D eigenvalue weighted by molar-refractivity contribution is -0.120. The van der Waals surface area contributed by atoms with Gasteiger partial charge in [0.15, 0.2) is 0 Å². The summed E-state index contributed by atoms with van der Waals surface area (Å²) in [4.78, 5) is 12.1. The van der Waals surface area contributed by atoms with Gasteiger partial charge >= 0.3 is 0 Å². The second-order valence-electron chi connectivity index (χ2n) is 4.48. The summed E-state index contributed by atoms with van der Waals surface area (Å²) in [5.41, 5.74) is 0.496. The smallest absolute Gasteiger partial charge is 0.229 e. The molecule has 1 aliphatic heterocycles. The van der Waals surface area contributed by atoms with Crippen molar-refractivity contribution in [2.45, 2.75) is 6.92 Å². The van der Waals surface area contributed by atoms with Crippen LogP contribution in [-0.2, 0) is 4.79 Å². The molecule has 1 fully saturated rings. The number of rotatable bonds is 2. The standard InChI is InChI=1S/C12H13Cl3N2O/c1-6-4-16-5-7(6)12(18)17-11-3-9(14)8(13)2-10(11)15/h2-3,6-7,16H,4-5H2,1H3,(H,17,18)/t6-,7-/m1/s1. The molecule has 1 aromatic carbocycles. The third-order valence-electron chi connectivity index (χ3n) is 3.12. The van der Waals surface area contributed by atoms with E-state index >= 15 is 0 Å². The second-order valence-corrected chi connectivity index (χ2v) is 5.70. The Hall–Kier alpha value is -0.480. The molecular weight excluding hydrogens is 295 g/mol. The molecule has 0 spiro atoms. The van der Waals surface area contributed by atoms with Gasteiger partial charge in [0.05, 0.1) is 26.7 Å². The summed E-state index contributed by atoms with van der Waals surface area (Å²) in [5.74, 6) is 0.217. The maximum absolute atomic E-state index is 12.1. The Kier molecular flexibility index (Phi) is 4.38. The lowest BCUT2D eigenvalue weighted by Gasteiger charge is -2.15. The molecule has 1 amide bonds. The van der Waals surface area contributed by atoms with Gasteiger partial charge in [-0.2, -0.15) is 0 Å². The summed E-state index contributed by atoms with van der Waals surface area (Å²) < 4.78 is 0. The van der Waals surface area contributed by atoms with Crippen LogP contribution in [0.2, 0.25) is 15.1 Å². The third-order valence-corrected chi connectivity index (χ3v) is 4.16. The molecule has 0 aromatic heterocycles.